The Morgan fingerprint density at radius 2 is 1.65 bits per heavy atom. The van der Waals surface area contributed by atoms with E-state index in [2.05, 4.69) is 6.92 Å². The van der Waals surface area contributed by atoms with Gasteiger partial charge in [-0.3, -0.25) is 0 Å². The molecule has 0 saturated heterocycles. The van der Waals surface area contributed by atoms with Crippen LogP contribution < -0.4 is 9.47 Å². The van der Waals surface area contributed by atoms with Crippen molar-refractivity contribution in [1.29, 1.82) is 0 Å². The number of rotatable bonds is 7. The predicted molar refractivity (Wildman–Crippen MR) is 99.9 cm³/mol. The summed E-state index contributed by atoms with van der Waals surface area (Å²) in [7, 11) is 0. The van der Waals surface area contributed by atoms with E-state index in [-0.39, 0.29) is 17.6 Å². The summed E-state index contributed by atoms with van der Waals surface area (Å²) in [4.78, 5) is 0. The molecule has 0 aromatic heterocycles. The van der Waals surface area contributed by atoms with Crippen LogP contribution in [0.3, 0.4) is 0 Å². The minimum absolute atomic E-state index is 0.00251. The molecule has 0 radical (unpaired) electrons. The fourth-order valence-electron chi connectivity index (χ4n) is 4.59. The average molecular weight is 366 g/mol. The van der Waals surface area contributed by atoms with Crippen LogP contribution in [0.15, 0.2) is 6.07 Å². The van der Waals surface area contributed by atoms with Gasteiger partial charge >= 0.3 is 0 Å². The van der Waals surface area contributed by atoms with Crippen LogP contribution in [-0.2, 0) is 6.42 Å². The van der Waals surface area contributed by atoms with Crippen molar-refractivity contribution in [1.82, 2.24) is 0 Å². The SMILES string of the molecule is CCC[C@H]1CC[C@H](CCC2CCc3cc(OCC)c(F)c(F)c3O2)CC1. The molecule has 0 spiro atoms. The van der Waals surface area contributed by atoms with Crippen LogP contribution in [-0.4, -0.2) is 12.7 Å². The zero-order valence-corrected chi connectivity index (χ0v) is 16.2. The summed E-state index contributed by atoms with van der Waals surface area (Å²) in [5.41, 5.74) is 0.726. The van der Waals surface area contributed by atoms with Gasteiger partial charge in [0.25, 0.3) is 0 Å². The Bertz CT molecular complexity index is 594. The first kappa shape index (κ1) is 19.4. The molecule has 3 rings (SSSR count). The van der Waals surface area contributed by atoms with E-state index < -0.39 is 11.6 Å². The van der Waals surface area contributed by atoms with Gasteiger partial charge in [0.05, 0.1) is 12.7 Å². The van der Waals surface area contributed by atoms with Crippen molar-refractivity contribution in [3.05, 3.63) is 23.3 Å². The lowest BCUT2D eigenvalue weighted by atomic mass is 9.78. The molecule has 1 aliphatic carbocycles. The Balaban J connectivity index is 1.53. The number of benzene rings is 1. The monoisotopic (exact) mass is 366 g/mol. The van der Waals surface area contributed by atoms with Crippen molar-refractivity contribution in [3.8, 4) is 11.5 Å². The standard InChI is InChI=1S/C22H32F2O2/c1-3-5-15-6-8-16(9-7-15)10-12-18-13-11-17-14-19(25-4-2)20(23)21(24)22(17)26-18/h14-16,18H,3-13H2,1-2H3/t15-,16-,18?. The Morgan fingerprint density at radius 1 is 0.962 bits per heavy atom. The van der Waals surface area contributed by atoms with Gasteiger partial charge in [0.15, 0.2) is 11.5 Å². The molecule has 1 aliphatic heterocycles. The molecule has 1 heterocycles. The van der Waals surface area contributed by atoms with Gasteiger partial charge in [-0.25, -0.2) is 0 Å². The Morgan fingerprint density at radius 3 is 2.31 bits per heavy atom. The summed E-state index contributed by atoms with van der Waals surface area (Å²) in [6.07, 6.45) is 11.7. The van der Waals surface area contributed by atoms with Crippen LogP contribution in [0.4, 0.5) is 8.78 Å². The lowest BCUT2D eigenvalue weighted by Crippen LogP contribution is -2.25. The van der Waals surface area contributed by atoms with Crippen molar-refractivity contribution in [2.75, 3.05) is 6.61 Å². The zero-order valence-electron chi connectivity index (χ0n) is 16.2. The number of fused-ring (bicyclic) bond motifs is 1. The number of hydrogen-bond acceptors (Lipinski definition) is 2. The van der Waals surface area contributed by atoms with E-state index in [4.69, 9.17) is 9.47 Å². The summed E-state index contributed by atoms with van der Waals surface area (Å²) >= 11 is 0. The summed E-state index contributed by atoms with van der Waals surface area (Å²) in [6, 6.07) is 1.60. The smallest absolute Gasteiger partial charge is 0.204 e. The van der Waals surface area contributed by atoms with Crippen LogP contribution in [0.2, 0.25) is 0 Å². The van der Waals surface area contributed by atoms with E-state index in [0.717, 1.165) is 43.1 Å². The minimum atomic E-state index is -0.930. The van der Waals surface area contributed by atoms with E-state index in [1.54, 1.807) is 13.0 Å². The van der Waals surface area contributed by atoms with Gasteiger partial charge in [-0.05, 0) is 50.5 Å². The maximum absolute atomic E-state index is 14.4. The molecule has 2 aliphatic rings. The average Bonchev–Trinajstić information content (AvgIpc) is 2.66. The van der Waals surface area contributed by atoms with E-state index in [0.29, 0.717) is 6.61 Å². The van der Waals surface area contributed by atoms with Crippen LogP contribution in [0.25, 0.3) is 0 Å². The second kappa shape index (κ2) is 9.05. The number of hydrogen-bond donors (Lipinski definition) is 0. The van der Waals surface area contributed by atoms with Gasteiger partial charge in [-0.1, -0.05) is 45.4 Å². The van der Waals surface area contributed by atoms with Gasteiger partial charge in [0, 0.05) is 5.56 Å². The van der Waals surface area contributed by atoms with Crippen molar-refractivity contribution < 1.29 is 18.3 Å². The topological polar surface area (TPSA) is 18.5 Å². The van der Waals surface area contributed by atoms with E-state index in [9.17, 15) is 8.78 Å². The fraction of sp³-hybridized carbons (Fsp3) is 0.727. The molecule has 146 valence electrons. The number of ether oxygens (including phenoxy) is 2. The third kappa shape index (κ3) is 4.50. The van der Waals surface area contributed by atoms with Gasteiger partial charge in [0.1, 0.15) is 0 Å². The second-order valence-corrected chi connectivity index (χ2v) is 7.96. The molecular formula is C22H32F2O2. The lowest BCUT2D eigenvalue weighted by Gasteiger charge is -2.31. The molecule has 1 unspecified atom stereocenters. The lowest BCUT2D eigenvalue weighted by molar-refractivity contribution is 0.136. The molecule has 0 amide bonds. The summed E-state index contributed by atoms with van der Waals surface area (Å²) in [5.74, 6) is -0.0274. The minimum Gasteiger partial charge on any atom is -0.491 e. The normalized spacial score (nSPS) is 25.5. The van der Waals surface area contributed by atoms with Crippen LogP contribution in [0.1, 0.15) is 77.2 Å². The van der Waals surface area contributed by atoms with Crippen molar-refractivity contribution in [2.24, 2.45) is 11.8 Å². The second-order valence-electron chi connectivity index (χ2n) is 7.96. The summed E-state index contributed by atoms with van der Waals surface area (Å²) < 4.78 is 39.5. The molecule has 1 fully saturated rings. The highest BCUT2D eigenvalue weighted by Gasteiger charge is 2.28. The van der Waals surface area contributed by atoms with Gasteiger partial charge in [-0.15, -0.1) is 0 Å². The Kier molecular flexibility index (Phi) is 6.77. The first-order chi connectivity index (χ1) is 12.6. The predicted octanol–water partition coefficient (Wildman–Crippen LogP) is 6.44. The number of halogens is 2. The molecule has 1 aromatic carbocycles. The van der Waals surface area contributed by atoms with Gasteiger partial charge in [-0.2, -0.15) is 8.78 Å². The first-order valence-corrected chi connectivity index (χ1v) is 10.4. The zero-order chi connectivity index (χ0) is 18.5. The Labute approximate surface area is 156 Å². The highest BCUT2D eigenvalue weighted by molar-refractivity contribution is 5.44. The molecular weight excluding hydrogens is 334 g/mol. The molecule has 0 N–H and O–H groups in total. The van der Waals surface area contributed by atoms with Crippen LogP contribution in [0, 0.1) is 23.5 Å². The van der Waals surface area contributed by atoms with Gasteiger partial charge < -0.3 is 9.47 Å². The molecule has 1 atom stereocenters. The van der Waals surface area contributed by atoms with Crippen LogP contribution >= 0.6 is 0 Å². The summed E-state index contributed by atoms with van der Waals surface area (Å²) in [6.45, 7) is 4.35. The fourth-order valence-corrected chi connectivity index (χ4v) is 4.59. The van der Waals surface area contributed by atoms with E-state index in [1.165, 1.54) is 38.5 Å². The van der Waals surface area contributed by atoms with Crippen molar-refractivity contribution in [2.45, 2.75) is 84.2 Å². The van der Waals surface area contributed by atoms with E-state index >= 15 is 0 Å². The van der Waals surface area contributed by atoms with Crippen molar-refractivity contribution in [3.63, 3.8) is 0 Å². The molecule has 4 heteroatoms. The molecule has 2 nitrogen and oxygen atoms in total. The molecule has 0 bridgehead atoms. The molecule has 1 saturated carbocycles. The molecule has 1 aromatic rings. The molecule has 26 heavy (non-hydrogen) atoms. The maximum Gasteiger partial charge on any atom is 0.204 e. The van der Waals surface area contributed by atoms with Crippen molar-refractivity contribution >= 4 is 0 Å². The maximum atomic E-state index is 14.4. The summed E-state index contributed by atoms with van der Waals surface area (Å²) in [5, 5.41) is 0. The Hall–Kier alpha value is -1.32. The highest BCUT2D eigenvalue weighted by Crippen LogP contribution is 2.39. The third-order valence-corrected chi connectivity index (χ3v) is 6.09. The van der Waals surface area contributed by atoms with Gasteiger partial charge in [0.2, 0.25) is 11.6 Å². The number of aryl methyl sites for hydroxylation is 1. The quantitative estimate of drug-likeness (QED) is 0.552. The largest absolute Gasteiger partial charge is 0.491 e. The van der Waals surface area contributed by atoms with E-state index in [1.807, 2.05) is 0 Å². The van der Waals surface area contributed by atoms with Crippen LogP contribution in [0.5, 0.6) is 11.5 Å². The highest BCUT2D eigenvalue weighted by atomic mass is 19.2. The third-order valence-electron chi connectivity index (χ3n) is 6.09. The first-order valence-electron chi connectivity index (χ1n) is 10.4.